The van der Waals surface area contributed by atoms with Crippen molar-refractivity contribution in [2.45, 2.75) is 52.0 Å². The molecule has 1 fully saturated rings. The van der Waals surface area contributed by atoms with E-state index in [0.29, 0.717) is 17.9 Å². The maximum atomic E-state index is 11.9. The summed E-state index contributed by atoms with van der Waals surface area (Å²) in [5.41, 5.74) is 0. The Bertz CT molecular complexity index is 218. The summed E-state index contributed by atoms with van der Waals surface area (Å²) < 4.78 is 0. The monoisotopic (exact) mass is 226 g/mol. The summed E-state index contributed by atoms with van der Waals surface area (Å²) in [6.45, 7) is 6.24. The Morgan fingerprint density at radius 1 is 1.44 bits per heavy atom. The highest BCUT2D eigenvalue weighted by Gasteiger charge is 2.28. The van der Waals surface area contributed by atoms with Crippen LogP contribution in [-0.2, 0) is 4.79 Å². The van der Waals surface area contributed by atoms with Gasteiger partial charge >= 0.3 is 0 Å². The smallest absolute Gasteiger partial charge is 0.222 e. The fourth-order valence-corrected chi connectivity index (χ4v) is 2.54. The van der Waals surface area contributed by atoms with Crippen LogP contribution < -0.4 is 5.32 Å². The zero-order valence-corrected chi connectivity index (χ0v) is 11.0. The lowest BCUT2D eigenvalue weighted by atomic mass is 9.90. The van der Waals surface area contributed by atoms with Crippen LogP contribution in [0.15, 0.2) is 0 Å². The number of nitrogens with one attached hydrogen (secondary N) is 1. The number of hydrogen-bond acceptors (Lipinski definition) is 2. The maximum absolute atomic E-state index is 11.9. The number of unbranched alkanes of at least 4 members (excludes halogenated alkanes) is 1. The molecule has 0 bridgehead atoms. The van der Waals surface area contributed by atoms with E-state index in [-0.39, 0.29) is 0 Å². The first kappa shape index (κ1) is 13.5. The third-order valence-electron chi connectivity index (χ3n) is 3.73. The van der Waals surface area contributed by atoms with Gasteiger partial charge in [-0.1, -0.05) is 26.7 Å². The zero-order valence-electron chi connectivity index (χ0n) is 11.0. The molecule has 0 radical (unpaired) electrons. The van der Waals surface area contributed by atoms with Gasteiger partial charge in [0, 0.05) is 25.6 Å². The lowest BCUT2D eigenvalue weighted by Crippen LogP contribution is -2.50. The molecule has 0 spiro atoms. The summed E-state index contributed by atoms with van der Waals surface area (Å²) in [6.07, 6.45) is 5.13. The Morgan fingerprint density at radius 3 is 2.75 bits per heavy atom. The first-order chi connectivity index (χ1) is 7.72. The SMILES string of the molecule is CCCCC(=O)N1CCC(NC)C(CC)C1. The van der Waals surface area contributed by atoms with E-state index in [9.17, 15) is 4.79 Å². The van der Waals surface area contributed by atoms with Crippen molar-refractivity contribution in [3.63, 3.8) is 0 Å². The van der Waals surface area contributed by atoms with Crippen LogP contribution in [0.5, 0.6) is 0 Å². The van der Waals surface area contributed by atoms with Crippen LogP contribution in [-0.4, -0.2) is 37.0 Å². The van der Waals surface area contributed by atoms with E-state index < -0.39 is 0 Å². The second kappa shape index (κ2) is 6.89. The number of amides is 1. The average Bonchev–Trinajstić information content (AvgIpc) is 2.34. The standard InChI is InChI=1S/C13H26N2O/c1-4-6-7-13(16)15-9-8-12(14-3)11(5-2)10-15/h11-12,14H,4-10H2,1-3H3. The molecule has 1 aliphatic heterocycles. The molecule has 3 nitrogen and oxygen atoms in total. The van der Waals surface area contributed by atoms with Gasteiger partial charge in [-0.25, -0.2) is 0 Å². The van der Waals surface area contributed by atoms with Crippen molar-refractivity contribution in [1.29, 1.82) is 0 Å². The first-order valence-corrected chi connectivity index (χ1v) is 6.67. The quantitative estimate of drug-likeness (QED) is 0.778. The van der Waals surface area contributed by atoms with Crippen LogP contribution in [0.3, 0.4) is 0 Å². The molecule has 1 heterocycles. The topological polar surface area (TPSA) is 32.3 Å². The van der Waals surface area contributed by atoms with Crippen molar-refractivity contribution < 1.29 is 4.79 Å². The van der Waals surface area contributed by atoms with Crippen LogP contribution in [0.2, 0.25) is 0 Å². The molecule has 3 heteroatoms. The molecule has 1 N–H and O–H groups in total. The molecule has 1 rings (SSSR count). The minimum Gasteiger partial charge on any atom is -0.342 e. The molecule has 0 saturated carbocycles. The van der Waals surface area contributed by atoms with Gasteiger partial charge in [0.15, 0.2) is 0 Å². The Balaban J connectivity index is 2.43. The highest BCUT2D eigenvalue weighted by atomic mass is 16.2. The number of carbonyl (C=O) groups is 1. The van der Waals surface area contributed by atoms with Crippen LogP contribution in [0.4, 0.5) is 0 Å². The second-order valence-corrected chi connectivity index (χ2v) is 4.80. The average molecular weight is 226 g/mol. The van der Waals surface area contributed by atoms with E-state index in [0.717, 1.165) is 45.2 Å². The molecule has 0 aromatic rings. The van der Waals surface area contributed by atoms with Gasteiger partial charge in [0.05, 0.1) is 0 Å². The number of rotatable bonds is 5. The maximum Gasteiger partial charge on any atom is 0.222 e. The number of piperidine rings is 1. The van der Waals surface area contributed by atoms with Crippen molar-refractivity contribution in [3.8, 4) is 0 Å². The predicted molar refractivity (Wildman–Crippen MR) is 67.4 cm³/mol. The molecule has 1 saturated heterocycles. The first-order valence-electron chi connectivity index (χ1n) is 6.67. The Kier molecular flexibility index (Phi) is 5.81. The van der Waals surface area contributed by atoms with Gasteiger partial charge in [0.2, 0.25) is 5.91 Å². The van der Waals surface area contributed by atoms with Crippen molar-refractivity contribution >= 4 is 5.91 Å². The van der Waals surface area contributed by atoms with Crippen LogP contribution in [0, 0.1) is 5.92 Å². The van der Waals surface area contributed by atoms with Gasteiger partial charge in [-0.15, -0.1) is 0 Å². The summed E-state index contributed by atoms with van der Waals surface area (Å²) in [7, 11) is 2.03. The molecule has 0 aliphatic carbocycles. The normalized spacial score (nSPS) is 25.8. The van der Waals surface area contributed by atoms with E-state index in [1.807, 2.05) is 7.05 Å². The lowest BCUT2D eigenvalue weighted by Gasteiger charge is -2.38. The molecule has 1 aliphatic rings. The minimum absolute atomic E-state index is 0.356. The minimum atomic E-state index is 0.356. The van der Waals surface area contributed by atoms with Gasteiger partial charge in [-0.2, -0.15) is 0 Å². The highest BCUT2D eigenvalue weighted by Crippen LogP contribution is 2.20. The van der Waals surface area contributed by atoms with Gasteiger partial charge in [0.1, 0.15) is 0 Å². The van der Waals surface area contributed by atoms with E-state index in [4.69, 9.17) is 0 Å². The summed E-state index contributed by atoms with van der Waals surface area (Å²) in [5, 5.41) is 3.37. The molecule has 1 amide bonds. The molecule has 2 unspecified atom stereocenters. The largest absolute Gasteiger partial charge is 0.342 e. The lowest BCUT2D eigenvalue weighted by molar-refractivity contribution is -0.133. The third kappa shape index (κ3) is 3.48. The molecular formula is C13H26N2O. The molecule has 0 aromatic carbocycles. The zero-order chi connectivity index (χ0) is 12.0. The van der Waals surface area contributed by atoms with Gasteiger partial charge in [-0.3, -0.25) is 4.79 Å². The summed E-state index contributed by atoms with van der Waals surface area (Å²) in [5.74, 6) is 0.985. The van der Waals surface area contributed by atoms with Crippen LogP contribution in [0.1, 0.15) is 46.0 Å². The number of nitrogens with zero attached hydrogens (tertiary/aromatic N) is 1. The van der Waals surface area contributed by atoms with Crippen LogP contribution in [0.25, 0.3) is 0 Å². The predicted octanol–water partition coefficient (Wildman–Crippen LogP) is 2.02. The molecular weight excluding hydrogens is 200 g/mol. The molecule has 2 atom stereocenters. The van der Waals surface area contributed by atoms with Crippen molar-refractivity contribution in [2.75, 3.05) is 20.1 Å². The Hall–Kier alpha value is -0.570. The summed E-state index contributed by atoms with van der Waals surface area (Å²) in [6, 6.07) is 0.597. The van der Waals surface area contributed by atoms with Gasteiger partial charge < -0.3 is 10.2 Å². The van der Waals surface area contributed by atoms with E-state index in [2.05, 4.69) is 24.1 Å². The molecule has 94 valence electrons. The van der Waals surface area contributed by atoms with E-state index in [1.54, 1.807) is 0 Å². The molecule has 0 aromatic heterocycles. The van der Waals surface area contributed by atoms with Crippen LogP contribution >= 0.6 is 0 Å². The van der Waals surface area contributed by atoms with Crippen molar-refractivity contribution in [2.24, 2.45) is 5.92 Å². The van der Waals surface area contributed by atoms with E-state index >= 15 is 0 Å². The number of hydrogen-bond donors (Lipinski definition) is 1. The Morgan fingerprint density at radius 2 is 2.19 bits per heavy atom. The fraction of sp³-hybridized carbons (Fsp3) is 0.923. The van der Waals surface area contributed by atoms with E-state index in [1.165, 1.54) is 0 Å². The second-order valence-electron chi connectivity index (χ2n) is 4.80. The molecule has 16 heavy (non-hydrogen) atoms. The van der Waals surface area contributed by atoms with Gasteiger partial charge in [0.25, 0.3) is 0 Å². The Labute approximate surface area is 99.6 Å². The van der Waals surface area contributed by atoms with Crippen molar-refractivity contribution in [1.82, 2.24) is 10.2 Å². The fourth-order valence-electron chi connectivity index (χ4n) is 2.54. The third-order valence-corrected chi connectivity index (χ3v) is 3.73. The number of carbonyl (C=O) groups excluding carboxylic acids is 1. The van der Waals surface area contributed by atoms with Crippen molar-refractivity contribution in [3.05, 3.63) is 0 Å². The number of likely N-dealkylation sites (tertiary alicyclic amines) is 1. The summed E-state index contributed by atoms with van der Waals surface area (Å²) in [4.78, 5) is 14.0. The van der Waals surface area contributed by atoms with Gasteiger partial charge in [-0.05, 0) is 25.8 Å². The summed E-state index contributed by atoms with van der Waals surface area (Å²) >= 11 is 0. The highest BCUT2D eigenvalue weighted by molar-refractivity contribution is 5.76.